The lowest BCUT2D eigenvalue weighted by Crippen LogP contribution is -2.34. The first-order valence-electron chi connectivity index (χ1n) is 6.17. The summed E-state index contributed by atoms with van der Waals surface area (Å²) >= 11 is 0. The molecule has 1 amide bonds. The highest BCUT2D eigenvalue weighted by molar-refractivity contribution is 5.95. The van der Waals surface area contributed by atoms with Gasteiger partial charge in [-0.05, 0) is 18.2 Å². The van der Waals surface area contributed by atoms with Crippen molar-refractivity contribution in [3.05, 3.63) is 23.8 Å². The molecule has 0 aliphatic heterocycles. The van der Waals surface area contributed by atoms with Crippen molar-refractivity contribution >= 4 is 17.6 Å². The molecule has 1 unspecified atom stereocenters. The van der Waals surface area contributed by atoms with E-state index in [0.717, 1.165) is 0 Å². The van der Waals surface area contributed by atoms with Gasteiger partial charge in [-0.1, -0.05) is 6.92 Å². The third-order valence-electron chi connectivity index (χ3n) is 2.97. The zero-order valence-electron chi connectivity index (χ0n) is 12.2. The average Bonchev–Trinajstić information content (AvgIpc) is 2.45. The highest BCUT2D eigenvalue weighted by Gasteiger charge is 2.20. The van der Waals surface area contributed by atoms with Gasteiger partial charge in [0.25, 0.3) is 5.91 Å². The molecule has 0 saturated heterocycles. The van der Waals surface area contributed by atoms with Gasteiger partial charge < -0.3 is 20.1 Å². The minimum absolute atomic E-state index is 0.213. The molecule has 2 N–H and O–H groups in total. The van der Waals surface area contributed by atoms with Crippen molar-refractivity contribution in [2.75, 3.05) is 33.5 Å². The van der Waals surface area contributed by atoms with Crippen LogP contribution in [-0.2, 0) is 9.53 Å². The van der Waals surface area contributed by atoms with Gasteiger partial charge in [-0.25, -0.2) is 0 Å². The number of esters is 1. The molecule has 0 heterocycles. The van der Waals surface area contributed by atoms with E-state index in [2.05, 4.69) is 4.74 Å². The summed E-state index contributed by atoms with van der Waals surface area (Å²) in [4.78, 5) is 25.0. The summed E-state index contributed by atoms with van der Waals surface area (Å²) in [6, 6.07) is 4.83. The van der Waals surface area contributed by atoms with Gasteiger partial charge in [0.15, 0.2) is 0 Å². The molecule has 0 bridgehead atoms. The van der Waals surface area contributed by atoms with Gasteiger partial charge in [0.05, 0.1) is 25.8 Å². The van der Waals surface area contributed by atoms with Crippen LogP contribution in [0.3, 0.4) is 0 Å². The van der Waals surface area contributed by atoms with Gasteiger partial charge >= 0.3 is 5.97 Å². The molecule has 0 radical (unpaired) electrons. The predicted molar refractivity (Wildman–Crippen MR) is 75.5 cm³/mol. The number of nitrogens with zero attached hydrogens (tertiary/aromatic N) is 1. The van der Waals surface area contributed by atoms with Crippen molar-refractivity contribution in [2.24, 2.45) is 5.92 Å². The van der Waals surface area contributed by atoms with Crippen molar-refractivity contribution in [1.29, 1.82) is 0 Å². The number of anilines is 1. The van der Waals surface area contributed by atoms with E-state index in [0.29, 0.717) is 17.0 Å². The van der Waals surface area contributed by atoms with Crippen LogP contribution in [0.15, 0.2) is 18.2 Å². The van der Waals surface area contributed by atoms with Crippen LogP contribution < -0.4 is 10.5 Å². The number of rotatable bonds is 5. The third kappa shape index (κ3) is 3.63. The van der Waals surface area contributed by atoms with Crippen LogP contribution in [0.5, 0.6) is 5.75 Å². The predicted octanol–water partition coefficient (Wildman–Crippen LogP) is 1.16. The summed E-state index contributed by atoms with van der Waals surface area (Å²) in [5.41, 5.74) is 6.61. The quantitative estimate of drug-likeness (QED) is 0.646. The van der Waals surface area contributed by atoms with Gasteiger partial charge in [0.1, 0.15) is 5.75 Å². The molecule has 0 fully saturated rings. The van der Waals surface area contributed by atoms with Crippen molar-refractivity contribution in [3.8, 4) is 5.75 Å². The van der Waals surface area contributed by atoms with Crippen LogP contribution in [-0.4, -0.2) is 44.6 Å². The van der Waals surface area contributed by atoms with Crippen molar-refractivity contribution in [1.82, 2.24) is 4.90 Å². The summed E-state index contributed by atoms with van der Waals surface area (Å²) in [6.45, 7) is 1.98. The molecule has 0 aliphatic rings. The van der Waals surface area contributed by atoms with E-state index in [1.165, 1.54) is 19.1 Å². The fourth-order valence-electron chi connectivity index (χ4n) is 1.86. The smallest absolute Gasteiger partial charge is 0.310 e. The van der Waals surface area contributed by atoms with Crippen LogP contribution in [0.2, 0.25) is 0 Å². The Bertz CT molecular complexity index is 502. The normalized spacial score (nSPS) is 11.6. The molecule has 110 valence electrons. The van der Waals surface area contributed by atoms with Gasteiger partial charge in [-0.3, -0.25) is 9.59 Å². The molecular formula is C14H20N2O4. The van der Waals surface area contributed by atoms with E-state index in [-0.39, 0.29) is 24.3 Å². The summed E-state index contributed by atoms with van der Waals surface area (Å²) in [6.07, 6.45) is 0. The Balaban J connectivity index is 2.79. The maximum Gasteiger partial charge on any atom is 0.310 e. The lowest BCUT2D eigenvalue weighted by Gasteiger charge is -2.20. The van der Waals surface area contributed by atoms with E-state index < -0.39 is 0 Å². The van der Waals surface area contributed by atoms with E-state index in [4.69, 9.17) is 10.5 Å². The molecule has 1 aromatic rings. The minimum atomic E-state index is -0.385. The van der Waals surface area contributed by atoms with Gasteiger partial charge in [-0.15, -0.1) is 0 Å². The fraction of sp³-hybridized carbons (Fsp3) is 0.429. The molecule has 6 heteroatoms. The van der Waals surface area contributed by atoms with Crippen LogP contribution in [0.25, 0.3) is 0 Å². The average molecular weight is 280 g/mol. The number of hydrogen-bond donors (Lipinski definition) is 1. The Morgan fingerprint density at radius 1 is 1.35 bits per heavy atom. The zero-order valence-corrected chi connectivity index (χ0v) is 12.2. The summed E-state index contributed by atoms with van der Waals surface area (Å²) in [5, 5.41) is 0. The first-order chi connectivity index (χ1) is 9.40. The second-order valence-electron chi connectivity index (χ2n) is 4.57. The Kier molecular flexibility index (Phi) is 5.37. The number of carbonyl (C=O) groups is 2. The number of methoxy groups -OCH3 is 2. The molecule has 1 atom stereocenters. The number of nitrogens with two attached hydrogens (primary N) is 1. The molecule has 1 aromatic carbocycles. The summed E-state index contributed by atoms with van der Waals surface area (Å²) in [7, 11) is 4.46. The monoisotopic (exact) mass is 280 g/mol. The summed E-state index contributed by atoms with van der Waals surface area (Å²) < 4.78 is 9.67. The summed E-state index contributed by atoms with van der Waals surface area (Å²) in [5.74, 6) is -0.425. The topological polar surface area (TPSA) is 81.9 Å². The van der Waals surface area contributed by atoms with Crippen LogP contribution >= 0.6 is 0 Å². The van der Waals surface area contributed by atoms with E-state index in [1.54, 1.807) is 32.2 Å². The molecule has 1 rings (SSSR count). The van der Waals surface area contributed by atoms with Crippen molar-refractivity contribution in [3.63, 3.8) is 0 Å². The molecule has 0 aliphatic carbocycles. The van der Waals surface area contributed by atoms with E-state index in [9.17, 15) is 9.59 Å². The molecule has 0 aromatic heterocycles. The number of benzene rings is 1. The van der Waals surface area contributed by atoms with E-state index in [1.807, 2.05) is 0 Å². The van der Waals surface area contributed by atoms with Crippen LogP contribution in [0.1, 0.15) is 17.3 Å². The SMILES string of the molecule is COC(=O)C(C)CN(C)C(=O)c1ccc(OC)c(N)c1. The minimum Gasteiger partial charge on any atom is -0.495 e. The number of nitrogen functional groups attached to an aromatic ring is 1. The highest BCUT2D eigenvalue weighted by atomic mass is 16.5. The Hall–Kier alpha value is -2.24. The molecule has 6 nitrogen and oxygen atoms in total. The molecule has 0 saturated carbocycles. The lowest BCUT2D eigenvalue weighted by molar-refractivity contribution is -0.145. The van der Waals surface area contributed by atoms with Crippen LogP contribution in [0.4, 0.5) is 5.69 Å². The fourth-order valence-corrected chi connectivity index (χ4v) is 1.86. The maximum absolute atomic E-state index is 12.2. The second kappa shape index (κ2) is 6.79. The van der Waals surface area contributed by atoms with Gasteiger partial charge in [-0.2, -0.15) is 0 Å². The van der Waals surface area contributed by atoms with Crippen molar-refractivity contribution in [2.45, 2.75) is 6.92 Å². The Morgan fingerprint density at radius 3 is 2.50 bits per heavy atom. The van der Waals surface area contributed by atoms with E-state index >= 15 is 0 Å². The van der Waals surface area contributed by atoms with Crippen LogP contribution in [0, 0.1) is 5.92 Å². The first kappa shape index (κ1) is 15.8. The number of amides is 1. The molecule has 20 heavy (non-hydrogen) atoms. The lowest BCUT2D eigenvalue weighted by atomic mass is 10.1. The first-order valence-corrected chi connectivity index (χ1v) is 6.17. The standard InChI is InChI=1S/C14H20N2O4/c1-9(14(18)20-4)8-16(2)13(17)10-5-6-12(19-3)11(15)7-10/h5-7,9H,8,15H2,1-4H3. The Morgan fingerprint density at radius 2 is 2.00 bits per heavy atom. The number of hydrogen-bond acceptors (Lipinski definition) is 5. The number of ether oxygens (including phenoxy) is 2. The largest absolute Gasteiger partial charge is 0.495 e. The maximum atomic E-state index is 12.2. The highest BCUT2D eigenvalue weighted by Crippen LogP contribution is 2.22. The van der Waals surface area contributed by atoms with Gasteiger partial charge in [0, 0.05) is 19.2 Å². The third-order valence-corrected chi connectivity index (χ3v) is 2.97. The Labute approximate surface area is 118 Å². The van der Waals surface area contributed by atoms with Gasteiger partial charge in [0.2, 0.25) is 0 Å². The number of carbonyl (C=O) groups excluding carboxylic acids is 2. The molecule has 0 spiro atoms. The molecular weight excluding hydrogens is 260 g/mol. The second-order valence-corrected chi connectivity index (χ2v) is 4.57. The zero-order chi connectivity index (χ0) is 15.3. The van der Waals surface area contributed by atoms with Crippen molar-refractivity contribution < 1.29 is 19.1 Å².